The van der Waals surface area contributed by atoms with E-state index in [0.717, 1.165) is 173 Å². The minimum Gasteiger partial charge on any atom is -0.497 e. The van der Waals surface area contributed by atoms with E-state index in [4.69, 9.17) is 9.47 Å². The summed E-state index contributed by atoms with van der Waals surface area (Å²) in [6.45, 7) is 11.0. The maximum Gasteiger partial charge on any atom is 0.275 e. The molecule has 137 heavy (non-hydrogen) atoms. The van der Waals surface area contributed by atoms with E-state index in [2.05, 4.69) is 305 Å². The highest BCUT2D eigenvalue weighted by atomic mass is 32.2. The molecule has 692 valence electrons. The van der Waals surface area contributed by atoms with E-state index in [-0.39, 0.29) is 29.5 Å². The van der Waals surface area contributed by atoms with Crippen molar-refractivity contribution in [1.29, 1.82) is 0 Å². The number of hydrogen-bond acceptors (Lipinski definition) is 25. The molecule has 0 unspecified atom stereocenters. The summed E-state index contributed by atoms with van der Waals surface area (Å²) in [5, 5.41) is 65.0. The molecular weight excluding hydrogens is 1860 g/mol. The number of nitrogens with one attached hydrogen (secondary N) is 3. The van der Waals surface area contributed by atoms with Gasteiger partial charge < -0.3 is 35.2 Å². The average molecular weight is 1960 g/mol. The Hall–Kier alpha value is -13.3. The third-order valence-corrected chi connectivity index (χ3v) is 31.1. The van der Waals surface area contributed by atoms with Gasteiger partial charge in [0, 0.05) is 144 Å². The summed E-state index contributed by atoms with van der Waals surface area (Å²) in [7, 11) is 11.8. The van der Waals surface area contributed by atoms with Gasteiger partial charge in [0.1, 0.15) is 6.61 Å². The number of rotatable bonds is 20. The lowest BCUT2D eigenvalue weighted by Gasteiger charge is -2.12. The second-order valence-electron chi connectivity index (χ2n) is 33.4. The number of nitrogens with zero attached hydrogens (tertiary/aromatic N) is 12. The van der Waals surface area contributed by atoms with Gasteiger partial charge in [0.15, 0.2) is 28.5 Å². The Balaban J connectivity index is 0.000000124. The van der Waals surface area contributed by atoms with Crippen molar-refractivity contribution in [3.8, 4) is 52.2 Å². The van der Waals surface area contributed by atoms with E-state index in [1.807, 2.05) is 18.2 Å². The Morgan fingerprint density at radius 3 is 0.934 bits per heavy atom. The lowest BCUT2D eigenvalue weighted by molar-refractivity contribution is 0.0816. The molecule has 5 aliphatic rings. The Morgan fingerprint density at radius 2 is 0.650 bits per heavy atom. The van der Waals surface area contributed by atoms with E-state index < -0.39 is 0 Å². The number of fused-ring (bicyclic) bond motifs is 5. The molecule has 5 amide bonds. The van der Waals surface area contributed by atoms with Crippen molar-refractivity contribution in [2.75, 3.05) is 67.4 Å². The second-order valence-corrected chi connectivity index (χ2v) is 41.2. The van der Waals surface area contributed by atoms with Crippen molar-refractivity contribution in [3.05, 3.63) is 353 Å². The minimum atomic E-state index is -0.225. The van der Waals surface area contributed by atoms with E-state index in [1.165, 1.54) is 44.5 Å². The number of carbonyl (C=O) groups excluding carboxylic acids is 5. The third-order valence-electron chi connectivity index (χ3n) is 22.6. The summed E-state index contributed by atoms with van der Waals surface area (Å²) in [5.74, 6) is 1.14. The van der Waals surface area contributed by atoms with Crippen LogP contribution in [0.25, 0.3) is 103 Å². The molecule has 0 bridgehead atoms. The highest BCUT2D eigenvalue weighted by molar-refractivity contribution is 8.05. The zero-order valence-corrected chi connectivity index (χ0v) is 84.2. The van der Waals surface area contributed by atoms with E-state index in [0.29, 0.717) is 60.8 Å². The van der Waals surface area contributed by atoms with Crippen molar-refractivity contribution < 1.29 is 33.4 Å². The molecular formula is C107H99N15O7S8. The van der Waals surface area contributed by atoms with Gasteiger partial charge in [0.2, 0.25) is 0 Å². The molecule has 0 spiro atoms. The molecule has 20 rings (SSSR count). The summed E-state index contributed by atoms with van der Waals surface area (Å²) < 4.78 is 15.1. The van der Waals surface area contributed by atoms with Gasteiger partial charge in [-0.25, -0.2) is 0 Å². The van der Waals surface area contributed by atoms with Gasteiger partial charge in [0.05, 0.1) is 70.8 Å². The number of carbonyl (C=O) groups is 5. The van der Waals surface area contributed by atoms with Crippen LogP contribution in [0.4, 0.5) is 0 Å². The first-order valence-electron chi connectivity index (χ1n) is 44.3. The van der Waals surface area contributed by atoms with Crippen LogP contribution in [-0.2, 0) is 41.6 Å². The Morgan fingerprint density at radius 1 is 0.343 bits per heavy atom. The van der Waals surface area contributed by atoms with Crippen molar-refractivity contribution in [2.24, 2.45) is 0 Å². The van der Waals surface area contributed by atoms with Gasteiger partial charge in [-0.15, -0.1) is 117 Å². The predicted molar refractivity (Wildman–Crippen MR) is 568 cm³/mol. The Labute approximate surface area is 827 Å². The molecule has 5 aliphatic heterocycles. The molecule has 15 heterocycles. The minimum absolute atomic E-state index is 0.114. The Kier molecular flexibility index (Phi) is 31.9. The van der Waals surface area contributed by atoms with Gasteiger partial charge in [-0.05, 0) is 162 Å². The van der Waals surface area contributed by atoms with Crippen molar-refractivity contribution >= 4 is 172 Å². The van der Waals surface area contributed by atoms with Gasteiger partial charge in [-0.2, -0.15) is 25.5 Å². The maximum atomic E-state index is 12.7. The molecule has 3 N–H and O–H groups in total. The number of aromatic nitrogens is 10. The van der Waals surface area contributed by atoms with Gasteiger partial charge in [-0.3, -0.25) is 24.0 Å². The molecule has 0 saturated heterocycles. The molecule has 22 nitrogen and oxygen atoms in total. The zero-order chi connectivity index (χ0) is 95.8. The lowest BCUT2D eigenvalue weighted by Crippen LogP contribution is -2.23. The highest BCUT2D eigenvalue weighted by Crippen LogP contribution is 2.44. The molecule has 0 atom stereocenters. The fourth-order valence-corrected chi connectivity index (χ4v) is 23.0. The normalized spacial score (nSPS) is 13.5. The van der Waals surface area contributed by atoms with Crippen molar-refractivity contribution in [3.63, 3.8) is 0 Å². The molecule has 0 radical (unpaired) electrons. The quantitative estimate of drug-likeness (QED) is 0.0639. The number of thioether (sulfide) groups is 3. The van der Waals surface area contributed by atoms with E-state index >= 15 is 0 Å². The summed E-state index contributed by atoms with van der Waals surface area (Å²) in [4.78, 5) is 70.8. The molecule has 30 heteroatoms. The number of aryl methyl sites for hydroxylation is 5. The van der Waals surface area contributed by atoms with Crippen LogP contribution in [0.2, 0.25) is 0 Å². The number of hydrogen-bond donors (Lipinski definition) is 3. The molecule has 0 saturated carbocycles. The zero-order valence-electron chi connectivity index (χ0n) is 77.7. The number of benzene rings is 5. The molecule has 10 aromatic heterocycles. The monoisotopic (exact) mass is 1960 g/mol. The summed E-state index contributed by atoms with van der Waals surface area (Å²) in [5.41, 5.74) is 24.2. The summed E-state index contributed by atoms with van der Waals surface area (Å²) in [6, 6.07) is 52.8. The largest absolute Gasteiger partial charge is 0.497 e. The van der Waals surface area contributed by atoms with Crippen LogP contribution in [0.15, 0.2) is 269 Å². The van der Waals surface area contributed by atoms with Crippen LogP contribution in [0.1, 0.15) is 122 Å². The molecule has 0 fully saturated rings. The maximum absolute atomic E-state index is 12.7. The van der Waals surface area contributed by atoms with Crippen LogP contribution in [0, 0.1) is 34.6 Å². The number of amides is 5. The molecule has 15 aromatic rings. The van der Waals surface area contributed by atoms with Crippen LogP contribution >= 0.6 is 92.0 Å². The predicted octanol–water partition coefficient (Wildman–Crippen LogP) is 23.7. The van der Waals surface area contributed by atoms with Crippen LogP contribution in [-0.4, -0.2) is 158 Å². The number of allylic oxidation sites excluding steroid dienone is 10. The molecule has 0 aliphatic carbocycles. The smallest absolute Gasteiger partial charge is 0.275 e. The van der Waals surface area contributed by atoms with E-state index in [1.54, 1.807) is 170 Å². The van der Waals surface area contributed by atoms with Crippen LogP contribution in [0.5, 0.6) is 0 Å². The average Bonchev–Trinajstić information content (AvgIpc) is 1.64. The lowest BCUT2D eigenvalue weighted by atomic mass is 10.0. The van der Waals surface area contributed by atoms with Gasteiger partial charge in [-0.1, -0.05) is 191 Å². The molecule has 5 aromatic carbocycles. The topological polar surface area (TPSA) is 275 Å². The Bertz CT molecular complexity index is 7250. The van der Waals surface area contributed by atoms with Crippen molar-refractivity contribution in [2.45, 2.75) is 79.6 Å². The van der Waals surface area contributed by atoms with Gasteiger partial charge >= 0.3 is 0 Å². The fourth-order valence-electron chi connectivity index (χ4n) is 15.2. The summed E-state index contributed by atoms with van der Waals surface area (Å²) >= 11 is 13.2. The third kappa shape index (κ3) is 23.5. The first kappa shape index (κ1) is 96.8. The first-order chi connectivity index (χ1) is 66.5. The fraction of sp³-hybridized carbons (Fsp3) is 0.206. The summed E-state index contributed by atoms with van der Waals surface area (Å²) in [6.07, 6.45) is 27.2. The van der Waals surface area contributed by atoms with Crippen LogP contribution in [0.3, 0.4) is 0 Å². The van der Waals surface area contributed by atoms with Crippen LogP contribution < -0.4 is 16.0 Å². The first-order valence-corrected chi connectivity index (χ1v) is 51.4. The van der Waals surface area contributed by atoms with Crippen molar-refractivity contribution in [1.82, 2.24) is 76.7 Å². The number of ether oxygens (including phenoxy) is 2. The van der Waals surface area contributed by atoms with E-state index in [9.17, 15) is 24.0 Å². The van der Waals surface area contributed by atoms with Gasteiger partial charge in [0.25, 0.3) is 29.5 Å². The highest BCUT2D eigenvalue weighted by Gasteiger charge is 2.28. The second kappa shape index (κ2) is 45.1. The SMILES string of the molecule is CNC(=O)c1nnc(CC2=COC=CC2)c2cc(-c3ccc(C)cc3)sc12.CNC(=O)c1nnc(CC2=COCC=C2)c2cc(-c3ccc(C)cc3)sc12.CNC(=O)c1nnc(CC2=CSCC=C2)c2cc(-c3ccc(C)cc3)sc12.Cc1ccc(-c2cc3c(CC4=CSC=CC4)nnc(C(=O)N(C)C)c3s2)cc1.Cc1ccc(-c2cc3c(CC4=CSCC=C4)nnc(C(=O)N(C)C)c3s2)cc1. The standard InChI is InChI=1S/2C22H21N3OS2.2C21H19N3O2S.C21H19N3OS2/c2*1-14-6-8-16(9-7-14)19-12-17-18(11-15-5-4-10-27-13-15)23-24-20(21(17)28-19)22(26)25(2)3;3*1-13-5-7-15(8-6-13)18-11-16-17(10-14-4-3-9-26-12-14)23-24-19(20(16)27-18)21(25)22-2/h4,6-10,12-13H,5,11H2,1-3H3;4-9,12-13H,10-11H2,1-3H3;3,5-9,11-12H,4,10H2,1-2H3,(H,22,25);2*3-8,11-12H,9-10H2,1-2H3,(H,22,25). The number of thiophene rings is 5.